The molecular weight excluding hydrogens is 426 g/mol. The highest BCUT2D eigenvalue weighted by molar-refractivity contribution is 6.30. The van der Waals surface area contributed by atoms with Gasteiger partial charge in [-0.25, -0.2) is 23.7 Å². The van der Waals surface area contributed by atoms with E-state index in [1.54, 1.807) is 36.7 Å². The van der Waals surface area contributed by atoms with Crippen molar-refractivity contribution in [3.05, 3.63) is 65.8 Å². The molecule has 1 saturated heterocycles. The number of halogens is 3. The topological polar surface area (TPSA) is 83.9 Å². The second-order valence-corrected chi connectivity index (χ2v) is 7.64. The summed E-state index contributed by atoms with van der Waals surface area (Å²) in [6.07, 6.45) is 6.76. The SMILES string of the molecule is O=C(c1ccncc1-c1ncccn1)N1CCC(F)(F)C[C@H]1CNc1ccc(Cl)cn1. The number of nitrogens with zero attached hydrogens (tertiary/aromatic N) is 5. The summed E-state index contributed by atoms with van der Waals surface area (Å²) < 4.78 is 28.4. The molecule has 1 fully saturated rings. The molecular formula is C21H19ClF2N6O. The molecule has 1 N–H and O–H groups in total. The van der Waals surface area contributed by atoms with Gasteiger partial charge >= 0.3 is 0 Å². The van der Waals surface area contributed by atoms with Crippen molar-refractivity contribution >= 4 is 23.3 Å². The van der Waals surface area contributed by atoms with Crippen LogP contribution in [0.2, 0.25) is 5.02 Å². The molecule has 0 aromatic carbocycles. The Bertz CT molecular complexity index is 1050. The fourth-order valence-electron chi connectivity index (χ4n) is 3.53. The Hall–Kier alpha value is -3.20. The van der Waals surface area contributed by atoms with Crippen LogP contribution in [0.3, 0.4) is 0 Å². The molecule has 0 bridgehead atoms. The number of pyridine rings is 2. The highest BCUT2D eigenvalue weighted by atomic mass is 35.5. The van der Waals surface area contributed by atoms with Crippen molar-refractivity contribution in [3.63, 3.8) is 0 Å². The molecule has 0 unspecified atom stereocenters. The Morgan fingerprint density at radius 1 is 1.16 bits per heavy atom. The minimum atomic E-state index is -2.85. The minimum absolute atomic E-state index is 0.0658. The average molecular weight is 445 g/mol. The van der Waals surface area contributed by atoms with Gasteiger partial charge in [0.05, 0.1) is 22.2 Å². The number of carbonyl (C=O) groups excluding carboxylic acids is 1. The third kappa shape index (κ3) is 4.93. The molecule has 0 aliphatic carbocycles. The van der Waals surface area contributed by atoms with Gasteiger partial charge in [0, 0.05) is 56.9 Å². The lowest BCUT2D eigenvalue weighted by Gasteiger charge is -2.39. The Morgan fingerprint density at radius 2 is 1.97 bits per heavy atom. The number of aromatic nitrogens is 4. The number of anilines is 1. The van der Waals surface area contributed by atoms with E-state index in [4.69, 9.17) is 11.6 Å². The van der Waals surface area contributed by atoms with Crippen LogP contribution < -0.4 is 5.32 Å². The summed E-state index contributed by atoms with van der Waals surface area (Å²) >= 11 is 5.84. The molecule has 0 saturated carbocycles. The highest BCUT2D eigenvalue weighted by Crippen LogP contribution is 2.33. The molecule has 4 heterocycles. The smallest absolute Gasteiger partial charge is 0.255 e. The van der Waals surface area contributed by atoms with Gasteiger partial charge in [0.1, 0.15) is 5.82 Å². The van der Waals surface area contributed by atoms with Gasteiger partial charge in [-0.2, -0.15) is 0 Å². The summed E-state index contributed by atoms with van der Waals surface area (Å²) in [6.45, 7) is 0.0574. The number of rotatable bonds is 5. The van der Waals surface area contributed by atoms with Crippen LogP contribution in [0.4, 0.5) is 14.6 Å². The standard InChI is InChI=1S/C21H19ClF2N6O/c22-14-2-3-18(28-11-14)29-12-15-10-21(23,24)5-9-30(15)20(31)16-4-8-25-13-17(16)19-26-6-1-7-27-19/h1-4,6-8,11,13,15H,5,9-10,12H2,(H,28,29)/t15-/m0/s1. The van der Waals surface area contributed by atoms with E-state index in [9.17, 15) is 13.6 Å². The quantitative estimate of drug-likeness (QED) is 0.641. The predicted octanol–water partition coefficient (Wildman–Crippen LogP) is 3.94. The number of hydrogen-bond acceptors (Lipinski definition) is 6. The third-order valence-corrected chi connectivity index (χ3v) is 5.28. The summed E-state index contributed by atoms with van der Waals surface area (Å²) in [5.41, 5.74) is 0.776. The van der Waals surface area contributed by atoms with Crippen molar-refractivity contribution in [2.45, 2.75) is 24.8 Å². The van der Waals surface area contributed by atoms with E-state index < -0.39 is 24.8 Å². The Balaban J connectivity index is 1.59. The van der Waals surface area contributed by atoms with Crippen LogP contribution in [0.5, 0.6) is 0 Å². The number of amides is 1. The molecule has 1 aliphatic rings. The van der Waals surface area contributed by atoms with Gasteiger partial charge in [0.15, 0.2) is 5.82 Å². The molecule has 4 rings (SSSR count). The molecule has 7 nitrogen and oxygen atoms in total. The van der Waals surface area contributed by atoms with Gasteiger partial charge in [0.2, 0.25) is 0 Å². The minimum Gasteiger partial charge on any atom is -0.368 e. The zero-order valence-electron chi connectivity index (χ0n) is 16.4. The predicted molar refractivity (Wildman–Crippen MR) is 112 cm³/mol. The normalized spacial score (nSPS) is 17.9. The number of nitrogens with one attached hydrogen (secondary N) is 1. The maximum atomic E-state index is 14.2. The first-order valence-electron chi connectivity index (χ1n) is 9.68. The summed E-state index contributed by atoms with van der Waals surface area (Å²) in [5, 5.41) is 3.50. The van der Waals surface area contributed by atoms with E-state index in [1.807, 2.05) is 0 Å². The van der Waals surface area contributed by atoms with Crippen molar-refractivity contribution in [2.24, 2.45) is 0 Å². The average Bonchev–Trinajstić information content (AvgIpc) is 2.78. The molecule has 1 amide bonds. The van der Waals surface area contributed by atoms with E-state index in [0.717, 1.165) is 0 Å². The van der Waals surface area contributed by atoms with Crippen LogP contribution in [0, 0.1) is 0 Å². The van der Waals surface area contributed by atoms with Crippen LogP contribution >= 0.6 is 11.6 Å². The Kier molecular flexibility index (Phi) is 6.03. The zero-order chi connectivity index (χ0) is 21.8. The first kappa shape index (κ1) is 21.0. The van der Waals surface area contributed by atoms with Crippen LogP contribution in [-0.2, 0) is 0 Å². The summed E-state index contributed by atoms with van der Waals surface area (Å²) in [5.74, 6) is -2.37. The van der Waals surface area contributed by atoms with Crippen molar-refractivity contribution in [1.29, 1.82) is 0 Å². The molecule has 0 radical (unpaired) electrons. The van der Waals surface area contributed by atoms with E-state index in [0.29, 0.717) is 27.8 Å². The monoisotopic (exact) mass is 444 g/mol. The van der Waals surface area contributed by atoms with Crippen molar-refractivity contribution in [1.82, 2.24) is 24.8 Å². The number of likely N-dealkylation sites (tertiary alicyclic amines) is 1. The van der Waals surface area contributed by atoms with Crippen LogP contribution in [0.1, 0.15) is 23.2 Å². The van der Waals surface area contributed by atoms with Crippen molar-refractivity contribution in [2.75, 3.05) is 18.4 Å². The molecule has 0 spiro atoms. The van der Waals surface area contributed by atoms with Gasteiger partial charge in [-0.1, -0.05) is 11.6 Å². The molecule has 10 heteroatoms. The number of alkyl halides is 2. The van der Waals surface area contributed by atoms with Gasteiger partial charge in [-0.15, -0.1) is 0 Å². The molecule has 3 aromatic heterocycles. The fourth-order valence-corrected chi connectivity index (χ4v) is 3.64. The maximum Gasteiger partial charge on any atom is 0.255 e. The van der Waals surface area contributed by atoms with Crippen LogP contribution in [-0.4, -0.2) is 55.8 Å². The van der Waals surface area contributed by atoms with Gasteiger partial charge in [-0.05, 0) is 24.3 Å². The van der Waals surface area contributed by atoms with Crippen molar-refractivity contribution < 1.29 is 13.6 Å². The van der Waals surface area contributed by atoms with E-state index in [-0.39, 0.29) is 19.0 Å². The first-order chi connectivity index (χ1) is 14.9. The lowest BCUT2D eigenvalue weighted by atomic mass is 9.96. The largest absolute Gasteiger partial charge is 0.368 e. The second kappa shape index (κ2) is 8.89. The Morgan fingerprint density at radius 3 is 2.71 bits per heavy atom. The lowest BCUT2D eigenvalue weighted by Crippen LogP contribution is -2.52. The maximum absolute atomic E-state index is 14.2. The molecule has 160 valence electrons. The number of hydrogen-bond donors (Lipinski definition) is 1. The Labute approximate surface area is 182 Å². The molecule has 31 heavy (non-hydrogen) atoms. The van der Waals surface area contributed by atoms with Crippen molar-refractivity contribution in [3.8, 4) is 11.4 Å². The third-order valence-electron chi connectivity index (χ3n) is 5.06. The number of carbonyl (C=O) groups is 1. The van der Waals surface area contributed by atoms with Crippen LogP contribution in [0.15, 0.2) is 55.2 Å². The summed E-state index contributed by atoms with van der Waals surface area (Å²) in [7, 11) is 0. The molecule has 1 atom stereocenters. The van der Waals surface area contributed by atoms with Gasteiger partial charge in [-0.3, -0.25) is 9.78 Å². The second-order valence-electron chi connectivity index (χ2n) is 7.20. The summed E-state index contributed by atoms with van der Waals surface area (Å²) in [4.78, 5) is 31.5. The van der Waals surface area contributed by atoms with E-state index in [2.05, 4.69) is 25.3 Å². The van der Waals surface area contributed by atoms with Crippen LogP contribution in [0.25, 0.3) is 11.4 Å². The molecule has 1 aliphatic heterocycles. The zero-order valence-corrected chi connectivity index (χ0v) is 17.1. The fraction of sp³-hybridized carbons (Fsp3) is 0.286. The van der Waals surface area contributed by atoms with Gasteiger partial charge < -0.3 is 10.2 Å². The lowest BCUT2D eigenvalue weighted by molar-refractivity contribution is -0.0674. The van der Waals surface area contributed by atoms with Gasteiger partial charge in [0.25, 0.3) is 11.8 Å². The first-order valence-corrected chi connectivity index (χ1v) is 10.1. The van der Waals surface area contributed by atoms with E-state index in [1.165, 1.54) is 23.5 Å². The highest BCUT2D eigenvalue weighted by Gasteiger charge is 2.42. The van der Waals surface area contributed by atoms with E-state index >= 15 is 0 Å². The number of piperidine rings is 1. The summed E-state index contributed by atoms with van der Waals surface area (Å²) in [6, 6.07) is 5.81. The molecule has 3 aromatic rings.